The molecule has 140 heavy (non-hydrogen) atoms. The van der Waals surface area contributed by atoms with E-state index >= 15 is 0 Å². The summed E-state index contributed by atoms with van der Waals surface area (Å²) in [6, 6.07) is 5.52. The number of benzene rings is 1. The lowest BCUT2D eigenvalue weighted by molar-refractivity contribution is -0.405. The second-order valence-corrected chi connectivity index (χ2v) is 36.1. The van der Waals surface area contributed by atoms with E-state index in [0.717, 1.165) is 0 Å². The van der Waals surface area contributed by atoms with Crippen LogP contribution >= 0.6 is 0 Å². The molecule has 1 aromatic carbocycles. The van der Waals surface area contributed by atoms with Crippen molar-refractivity contribution in [2.75, 3.05) is 79.3 Å². The Labute approximate surface area is 790 Å². The Morgan fingerprint density at radius 3 is 0.414 bits per heavy atom. The molecular weight excluding hydrogens is 1920 g/mol. The Kier molecular flexibility index (Phi) is 38.0. The van der Waals surface area contributed by atoms with Gasteiger partial charge in [-0.05, 0) is 11.1 Å². The highest BCUT2D eigenvalue weighted by Gasteiger charge is 2.64. The molecule has 0 saturated carbocycles. The first-order valence-corrected chi connectivity index (χ1v) is 45.3. The van der Waals surface area contributed by atoms with Gasteiger partial charge in [-0.15, -0.1) is 0 Å². The number of aliphatic hydroxyl groups is 34. The number of ether oxygens (including phenoxy) is 26. The van der Waals surface area contributed by atoms with Gasteiger partial charge >= 0.3 is 0 Å². The lowest BCUT2D eigenvalue weighted by atomic mass is 9.94. The molecule has 1 aromatic rings. The average Bonchev–Trinajstić information content (AvgIpc) is 0.765. The summed E-state index contributed by atoms with van der Waals surface area (Å²) in [7, 11) is 0. The Hall–Kier alpha value is -3.18. The van der Waals surface area contributed by atoms with Gasteiger partial charge in [-0.1, -0.05) is 24.3 Å². The molecule has 0 spiro atoms. The van der Waals surface area contributed by atoms with Gasteiger partial charge in [0, 0.05) is 0 Å². The molecular formula is C80H126O60. The van der Waals surface area contributed by atoms with Gasteiger partial charge in [-0.2, -0.15) is 0 Å². The Bertz CT molecular complexity index is 3680. The molecule has 60 heteroatoms. The molecule has 44 heterocycles. The second-order valence-electron chi connectivity index (χ2n) is 36.1. The molecule has 34 N–H and O–H groups in total. The van der Waals surface area contributed by atoms with Gasteiger partial charge in [0.2, 0.25) is 0 Å². The molecule has 44 aliphatic heterocycles. The average molecular weight is 2050 g/mol. The highest BCUT2D eigenvalue weighted by atomic mass is 16.8. The molecule has 60 atom stereocenters. The third kappa shape index (κ3) is 22.3. The lowest BCUT2D eigenvalue weighted by Crippen LogP contribution is -2.69. The van der Waals surface area contributed by atoms with Crippen LogP contribution in [0.25, 0.3) is 0 Å². The van der Waals surface area contributed by atoms with Crippen molar-refractivity contribution in [3.05, 3.63) is 35.4 Å². The number of rotatable bonds is 18. The smallest absolute Gasteiger partial charge is 0.187 e. The van der Waals surface area contributed by atoms with Crippen molar-refractivity contribution >= 4 is 0 Å². The highest BCUT2D eigenvalue weighted by Crippen LogP contribution is 2.44. The summed E-state index contributed by atoms with van der Waals surface area (Å²) < 4.78 is 155. The maximum atomic E-state index is 12.7. The topological polar surface area (TPSA) is 928 Å². The van der Waals surface area contributed by atoms with Crippen LogP contribution in [0.15, 0.2) is 24.3 Å². The summed E-state index contributed by atoms with van der Waals surface area (Å²) in [5.41, 5.74) is 0.141. The van der Waals surface area contributed by atoms with Gasteiger partial charge in [-0.25, -0.2) is 0 Å². The van der Waals surface area contributed by atoms with Crippen LogP contribution in [0.3, 0.4) is 0 Å². The molecule has 0 unspecified atom stereocenters. The standard InChI is InChI=1S/C80H126O60/c81-5-21-55-33(93)43(103)69(117-21)131-57-23(7-83)121-73(47(107)37(57)97)135-61-27(11-87)125-77(51(111)41(61)101)139-65-31(15-91)127-79(137-63-29(13-89)123-75(49(109)39(63)99)133-59-25(9-85)119-71(129-55)45(105)35(59)95)53(113)67(65)115-17-19-2-1-3-20(4-19)18-116-68-54(114)80-128-32(16-92)66(68)140-78-52(112)42(102)62(28(12-88)126-78)136-74-48(108)38(98)58(24(8-84)122-74)132-70-44(104)34(94)56(22(6-82)118-70)130-72-46(106)36(96)60(26(10-86)120-72)134-76-50(110)40(100)64(138-80)30(14-90)124-76/h1-4,21-114H,5-18H2/t21-,22-,23-,24-,25-,26-,27-,28-,29-,30-,31-,32-,33-,34-,35-,36-,37-,38-,39-,40-,41-,42-,43-,44-,45-,46-,47-,48-,49-,50-,51-,52-,53-,54-,55-,56-,57-,58-,59-,60-,61-,62-,63-,64-,65+,66+,67-,68-,69-,70-,71-,72-,73-,74-,75-,76-,77-,78-,79-,80-/m1/s1. The molecule has 0 amide bonds. The van der Waals surface area contributed by atoms with E-state index in [2.05, 4.69) is 0 Å². The van der Waals surface area contributed by atoms with Crippen LogP contribution in [-0.2, 0) is 136 Å². The zero-order chi connectivity index (χ0) is 101. The van der Waals surface area contributed by atoms with Crippen molar-refractivity contribution in [2.45, 2.75) is 382 Å². The van der Waals surface area contributed by atoms with Gasteiger partial charge in [-0.3, -0.25) is 0 Å². The van der Waals surface area contributed by atoms with E-state index in [0.29, 0.717) is 0 Å². The summed E-state index contributed by atoms with van der Waals surface area (Å²) in [6.07, 6.45) is -127. The first-order chi connectivity index (χ1) is 66.9. The van der Waals surface area contributed by atoms with E-state index in [1.54, 1.807) is 0 Å². The van der Waals surface area contributed by atoms with E-state index in [9.17, 15) is 174 Å². The van der Waals surface area contributed by atoms with Crippen LogP contribution < -0.4 is 0 Å². The fourth-order valence-electron chi connectivity index (χ4n) is 19.4. The predicted molar refractivity (Wildman–Crippen MR) is 423 cm³/mol. The minimum absolute atomic E-state index is 0.0707. The van der Waals surface area contributed by atoms with Gasteiger partial charge in [0.25, 0.3) is 0 Å². The molecule has 44 fully saturated rings. The summed E-state index contributed by atoms with van der Waals surface area (Å²) >= 11 is 0. The molecule has 0 aliphatic carbocycles. The predicted octanol–water partition coefficient (Wildman–Crippen LogP) is -23.3. The Morgan fingerprint density at radius 1 is 0.157 bits per heavy atom. The third-order valence-electron chi connectivity index (χ3n) is 27.2. The molecule has 806 valence electrons. The van der Waals surface area contributed by atoms with Crippen molar-refractivity contribution < 1.29 is 297 Å². The van der Waals surface area contributed by atoms with E-state index in [1.165, 1.54) is 24.3 Å². The molecule has 45 rings (SSSR count). The summed E-state index contributed by atoms with van der Waals surface area (Å²) in [6.45, 7) is -15.2. The number of hydrogen-bond acceptors (Lipinski definition) is 60. The molecule has 44 saturated heterocycles. The third-order valence-corrected chi connectivity index (χ3v) is 27.2. The zero-order valence-electron chi connectivity index (χ0n) is 73.7. The molecule has 24 bridgehead atoms. The van der Waals surface area contributed by atoms with Crippen LogP contribution in [-0.4, -0.2) is 621 Å². The van der Waals surface area contributed by atoms with Gasteiger partial charge < -0.3 is 297 Å². The van der Waals surface area contributed by atoms with Gasteiger partial charge in [0.15, 0.2) is 75.5 Å². The molecule has 0 aromatic heterocycles. The first-order valence-electron chi connectivity index (χ1n) is 45.3. The SMILES string of the molecule is OC[C@H]1O[C@@H]2O[C@H]3[C@H](O)[C@@H](O)[C@@H](O[C@H]4[C@H](O)[C@@H](O)[C@@H](O[C@H]5[C@H](O)[C@@H](O)[C@@H](O[C@H]6[C@H](O)[C@@H](O)[C@@H](O[C@H]7[C@H](O)[C@@H](O)[C@@H](O[C@@H]1[C@H](OCc1cccc(CO[C@@H]8[C@@H](O)[C@H]9O[C@H]%10[C@H](O)[C@@H](O)[C@@H](O[C@H]%11[C@H](O)[C@@H](O)[C@@H](O[C@H]%12[C@H](O)[C@@H](O)[C@@H](O[C@H]%13[C@H](O)[C@@H](O)[C@@H](O[C@H]%14[C@H](O)[C@@H](O)[C@@H](O[C@H]8[C@@H](CO)O9)O[C@@H]%14CO)O[C@@H]%13CO)O[C@@H]%12CO)O[C@@H]%11CO)O[C@@H]%10CO)c1)[C@H]2O)O[C@@H]7CO)O[C@@H]6CO)O[C@@H]5CO)O[C@@H]4CO)O[C@@H]3CO. The van der Waals surface area contributed by atoms with Gasteiger partial charge in [0.1, 0.15) is 293 Å². The quantitative estimate of drug-likeness (QED) is 0.0649. The number of aliphatic hydroxyl groups excluding tert-OH is 34. The summed E-state index contributed by atoms with van der Waals surface area (Å²) in [4.78, 5) is 0. The van der Waals surface area contributed by atoms with E-state index in [1.807, 2.05) is 0 Å². The number of hydrogen-bond donors (Lipinski definition) is 34. The van der Waals surface area contributed by atoms with Crippen LogP contribution in [0.1, 0.15) is 11.1 Å². The van der Waals surface area contributed by atoms with E-state index < -0.39 is 461 Å². The first kappa shape index (κ1) is 111. The van der Waals surface area contributed by atoms with Crippen molar-refractivity contribution in [3.8, 4) is 0 Å². The fourth-order valence-corrected chi connectivity index (χ4v) is 19.4. The fraction of sp³-hybridized carbons (Fsp3) is 0.925. The summed E-state index contributed by atoms with van der Waals surface area (Å²) in [5, 5.41) is 389. The van der Waals surface area contributed by atoms with Crippen molar-refractivity contribution in [2.24, 2.45) is 0 Å². The van der Waals surface area contributed by atoms with Crippen LogP contribution in [0.5, 0.6) is 0 Å². The summed E-state index contributed by atoms with van der Waals surface area (Å²) in [5.74, 6) is 0. The molecule has 0 radical (unpaired) electrons. The second kappa shape index (κ2) is 48.0. The largest absolute Gasteiger partial charge is 0.394 e. The van der Waals surface area contributed by atoms with Crippen LogP contribution in [0, 0.1) is 0 Å². The zero-order valence-corrected chi connectivity index (χ0v) is 73.7. The van der Waals surface area contributed by atoms with E-state index in [4.69, 9.17) is 123 Å². The van der Waals surface area contributed by atoms with Gasteiger partial charge in [0.05, 0.1) is 92.5 Å². The highest BCUT2D eigenvalue weighted by molar-refractivity contribution is 5.23. The van der Waals surface area contributed by atoms with E-state index in [-0.39, 0.29) is 11.1 Å². The Balaban J connectivity index is 0.714. The Morgan fingerprint density at radius 2 is 0.279 bits per heavy atom. The van der Waals surface area contributed by atoms with Crippen LogP contribution in [0.2, 0.25) is 0 Å². The normalized spacial score (nSPS) is 53.0. The van der Waals surface area contributed by atoms with Crippen molar-refractivity contribution in [1.82, 2.24) is 0 Å². The van der Waals surface area contributed by atoms with Crippen LogP contribution in [0.4, 0.5) is 0 Å². The minimum Gasteiger partial charge on any atom is -0.394 e. The van der Waals surface area contributed by atoms with Crippen molar-refractivity contribution in [1.29, 1.82) is 0 Å². The lowest BCUT2D eigenvalue weighted by Gasteiger charge is -2.51. The minimum atomic E-state index is -2.38. The molecule has 60 nitrogen and oxygen atoms in total. The molecule has 44 aliphatic rings. The monoisotopic (exact) mass is 2050 g/mol. The maximum Gasteiger partial charge on any atom is 0.187 e. The maximum absolute atomic E-state index is 12.7. The van der Waals surface area contributed by atoms with Crippen molar-refractivity contribution in [3.63, 3.8) is 0 Å².